The van der Waals surface area contributed by atoms with Crippen LogP contribution in [0.2, 0.25) is 0 Å². The van der Waals surface area contributed by atoms with Crippen molar-refractivity contribution in [3.05, 3.63) is 45.4 Å². The second-order valence-corrected chi connectivity index (χ2v) is 5.78. The summed E-state index contributed by atoms with van der Waals surface area (Å²) in [6.45, 7) is 3.69. The summed E-state index contributed by atoms with van der Waals surface area (Å²) in [4.78, 5) is 0. The first kappa shape index (κ1) is 15.9. The number of alkyl halides is 3. The predicted octanol–water partition coefficient (Wildman–Crippen LogP) is 3.65. The first-order valence-electron chi connectivity index (χ1n) is 6.67. The van der Waals surface area contributed by atoms with Gasteiger partial charge in [0.15, 0.2) is 0 Å². The summed E-state index contributed by atoms with van der Waals surface area (Å²) in [5, 5.41) is 13.1. The van der Waals surface area contributed by atoms with E-state index in [1.165, 1.54) is 23.5 Å². The molecule has 1 heterocycles. The molecule has 0 aliphatic carbocycles. The third kappa shape index (κ3) is 4.78. The Kier molecular flexibility index (Phi) is 5.30. The molecule has 0 aliphatic rings. The van der Waals surface area contributed by atoms with Gasteiger partial charge in [0.05, 0.1) is 5.56 Å². The lowest BCUT2D eigenvalue weighted by Gasteiger charge is -2.06. The van der Waals surface area contributed by atoms with E-state index in [1.807, 2.05) is 0 Å². The van der Waals surface area contributed by atoms with Gasteiger partial charge >= 0.3 is 6.18 Å². The minimum Gasteiger partial charge on any atom is -0.310 e. The molecule has 0 radical (unpaired) electrons. The summed E-state index contributed by atoms with van der Waals surface area (Å²) in [6.07, 6.45) is -2.74. The molecule has 0 bridgehead atoms. The Hall–Kier alpha value is -1.47. The quantitative estimate of drug-likeness (QED) is 0.827. The van der Waals surface area contributed by atoms with Crippen molar-refractivity contribution < 1.29 is 13.2 Å². The maximum absolute atomic E-state index is 12.5. The number of nitrogens with one attached hydrogen (secondary N) is 1. The fourth-order valence-electron chi connectivity index (χ4n) is 1.79. The lowest BCUT2D eigenvalue weighted by molar-refractivity contribution is -0.137. The van der Waals surface area contributed by atoms with E-state index in [2.05, 4.69) is 22.4 Å². The van der Waals surface area contributed by atoms with Crippen molar-refractivity contribution in [2.75, 3.05) is 6.54 Å². The third-order valence-electron chi connectivity index (χ3n) is 2.85. The van der Waals surface area contributed by atoms with Crippen molar-refractivity contribution in [3.63, 3.8) is 0 Å². The predicted molar refractivity (Wildman–Crippen MR) is 76.2 cm³/mol. The third-order valence-corrected chi connectivity index (χ3v) is 3.77. The van der Waals surface area contributed by atoms with E-state index in [1.54, 1.807) is 0 Å². The SMILES string of the molecule is CCCNCc1nnc(Cc2ccc(C(F)(F)F)cc2)s1. The number of rotatable bonds is 6. The Bertz CT molecular complexity index is 564. The average Bonchev–Trinajstić information content (AvgIpc) is 2.86. The molecule has 0 saturated heterocycles. The summed E-state index contributed by atoms with van der Waals surface area (Å²) in [5.41, 5.74) is 0.167. The van der Waals surface area contributed by atoms with Gasteiger partial charge in [0.2, 0.25) is 0 Å². The zero-order valence-corrected chi connectivity index (χ0v) is 12.4. The second-order valence-electron chi connectivity index (χ2n) is 4.64. The number of halogens is 3. The molecule has 3 nitrogen and oxygen atoms in total. The fourth-order valence-corrected chi connectivity index (χ4v) is 2.64. The monoisotopic (exact) mass is 315 g/mol. The molecule has 1 aromatic carbocycles. The van der Waals surface area contributed by atoms with Crippen LogP contribution in [0.25, 0.3) is 0 Å². The van der Waals surface area contributed by atoms with E-state index < -0.39 is 11.7 Å². The molecule has 1 N–H and O–H groups in total. The van der Waals surface area contributed by atoms with Crippen molar-refractivity contribution in [2.45, 2.75) is 32.5 Å². The lowest BCUT2D eigenvalue weighted by atomic mass is 10.1. The van der Waals surface area contributed by atoms with Crippen LogP contribution in [-0.4, -0.2) is 16.7 Å². The smallest absolute Gasteiger partial charge is 0.310 e. The molecule has 2 aromatic rings. The lowest BCUT2D eigenvalue weighted by Crippen LogP contribution is -2.13. The highest BCUT2D eigenvalue weighted by molar-refractivity contribution is 7.11. The zero-order chi connectivity index (χ0) is 15.3. The van der Waals surface area contributed by atoms with Crippen molar-refractivity contribution >= 4 is 11.3 Å². The van der Waals surface area contributed by atoms with Crippen LogP contribution in [0.5, 0.6) is 0 Å². The van der Waals surface area contributed by atoms with Crippen LogP contribution in [0.4, 0.5) is 13.2 Å². The summed E-state index contributed by atoms with van der Waals surface area (Å²) >= 11 is 1.48. The molecule has 0 saturated carbocycles. The molecule has 0 atom stereocenters. The van der Waals surface area contributed by atoms with Crippen LogP contribution < -0.4 is 5.32 Å². The van der Waals surface area contributed by atoms with Crippen molar-refractivity contribution in [2.24, 2.45) is 0 Å². The van der Waals surface area contributed by atoms with Crippen LogP contribution in [0.1, 0.15) is 34.5 Å². The first-order valence-corrected chi connectivity index (χ1v) is 7.49. The maximum Gasteiger partial charge on any atom is 0.416 e. The van der Waals surface area contributed by atoms with Crippen LogP contribution in [-0.2, 0) is 19.1 Å². The van der Waals surface area contributed by atoms with Gasteiger partial charge in [0, 0.05) is 13.0 Å². The molecule has 1 aromatic heterocycles. The van der Waals surface area contributed by atoms with Gasteiger partial charge in [-0.05, 0) is 30.7 Å². The molecule has 21 heavy (non-hydrogen) atoms. The first-order chi connectivity index (χ1) is 9.99. The van der Waals surface area contributed by atoms with Crippen LogP contribution >= 0.6 is 11.3 Å². The summed E-state index contributed by atoms with van der Waals surface area (Å²) in [6, 6.07) is 5.17. The van der Waals surface area contributed by atoms with E-state index >= 15 is 0 Å². The van der Waals surface area contributed by atoms with Gasteiger partial charge < -0.3 is 5.32 Å². The van der Waals surface area contributed by atoms with Gasteiger partial charge in [0.1, 0.15) is 10.0 Å². The number of benzene rings is 1. The minimum atomic E-state index is -4.29. The molecule has 0 amide bonds. The van der Waals surface area contributed by atoms with Gasteiger partial charge in [-0.1, -0.05) is 30.4 Å². The van der Waals surface area contributed by atoms with Crippen LogP contribution in [0.15, 0.2) is 24.3 Å². The van der Waals surface area contributed by atoms with E-state index in [0.717, 1.165) is 40.7 Å². The molecule has 0 fully saturated rings. The Morgan fingerprint density at radius 2 is 1.76 bits per heavy atom. The maximum atomic E-state index is 12.5. The highest BCUT2D eigenvalue weighted by Crippen LogP contribution is 2.29. The number of hydrogen-bond donors (Lipinski definition) is 1. The summed E-state index contributed by atoms with van der Waals surface area (Å²) in [7, 11) is 0. The largest absolute Gasteiger partial charge is 0.416 e. The Morgan fingerprint density at radius 3 is 2.38 bits per heavy atom. The standard InChI is InChI=1S/C14H16F3N3S/c1-2-7-18-9-13-20-19-12(21-13)8-10-3-5-11(6-4-10)14(15,16)17/h3-6,18H,2,7-9H2,1H3. The number of hydrogen-bond acceptors (Lipinski definition) is 4. The van der Waals surface area contributed by atoms with Gasteiger partial charge in [-0.3, -0.25) is 0 Å². The number of aromatic nitrogens is 2. The topological polar surface area (TPSA) is 37.8 Å². The van der Waals surface area contributed by atoms with Crippen LogP contribution in [0.3, 0.4) is 0 Å². The van der Waals surface area contributed by atoms with Crippen molar-refractivity contribution in [3.8, 4) is 0 Å². The van der Waals surface area contributed by atoms with Crippen molar-refractivity contribution in [1.29, 1.82) is 0 Å². The fraction of sp³-hybridized carbons (Fsp3) is 0.429. The van der Waals surface area contributed by atoms with Gasteiger partial charge in [-0.15, -0.1) is 10.2 Å². The normalized spacial score (nSPS) is 11.8. The molecule has 2 rings (SSSR count). The molecular formula is C14H16F3N3S. The molecular weight excluding hydrogens is 299 g/mol. The Balaban J connectivity index is 1.95. The van der Waals surface area contributed by atoms with Gasteiger partial charge in [-0.25, -0.2) is 0 Å². The molecule has 114 valence electrons. The van der Waals surface area contributed by atoms with Crippen LogP contribution in [0, 0.1) is 0 Å². The van der Waals surface area contributed by atoms with Gasteiger partial charge in [-0.2, -0.15) is 13.2 Å². The average molecular weight is 315 g/mol. The Labute approximate surface area is 125 Å². The van der Waals surface area contributed by atoms with E-state index in [0.29, 0.717) is 13.0 Å². The highest BCUT2D eigenvalue weighted by atomic mass is 32.1. The zero-order valence-electron chi connectivity index (χ0n) is 11.6. The molecule has 7 heteroatoms. The summed E-state index contributed by atoms with van der Waals surface area (Å²) < 4.78 is 37.4. The van der Waals surface area contributed by atoms with Crippen molar-refractivity contribution in [1.82, 2.24) is 15.5 Å². The van der Waals surface area contributed by atoms with Gasteiger partial charge in [0.25, 0.3) is 0 Å². The molecule has 0 unspecified atom stereocenters. The minimum absolute atomic E-state index is 0.504. The highest BCUT2D eigenvalue weighted by Gasteiger charge is 2.29. The molecule has 0 aliphatic heterocycles. The van der Waals surface area contributed by atoms with E-state index in [4.69, 9.17) is 0 Å². The summed E-state index contributed by atoms with van der Waals surface area (Å²) in [5.74, 6) is 0. The second kappa shape index (κ2) is 7.00. The Morgan fingerprint density at radius 1 is 1.10 bits per heavy atom. The number of nitrogens with zero attached hydrogens (tertiary/aromatic N) is 2. The molecule has 0 spiro atoms. The van der Waals surface area contributed by atoms with E-state index in [-0.39, 0.29) is 0 Å². The van der Waals surface area contributed by atoms with E-state index in [9.17, 15) is 13.2 Å².